The van der Waals surface area contributed by atoms with E-state index in [0.717, 1.165) is 21.9 Å². The number of hydrogen-bond donors (Lipinski definition) is 2. The van der Waals surface area contributed by atoms with Crippen molar-refractivity contribution in [3.63, 3.8) is 0 Å². The summed E-state index contributed by atoms with van der Waals surface area (Å²) in [6, 6.07) is 18.8. The lowest BCUT2D eigenvalue weighted by Crippen LogP contribution is -2.51. The summed E-state index contributed by atoms with van der Waals surface area (Å²) >= 11 is 0. The van der Waals surface area contributed by atoms with Crippen LogP contribution in [0.4, 0.5) is 10.5 Å². The van der Waals surface area contributed by atoms with Crippen molar-refractivity contribution in [1.29, 1.82) is 5.26 Å². The third-order valence-corrected chi connectivity index (χ3v) is 5.76. The number of benzene rings is 3. The van der Waals surface area contributed by atoms with Crippen LogP contribution in [-0.4, -0.2) is 41.0 Å². The minimum Gasteiger partial charge on any atom is -0.444 e. The van der Waals surface area contributed by atoms with Crippen LogP contribution >= 0.6 is 0 Å². The smallest absolute Gasteiger partial charge is 0.408 e. The van der Waals surface area contributed by atoms with Gasteiger partial charge in [0, 0.05) is 5.69 Å². The van der Waals surface area contributed by atoms with Crippen LogP contribution in [0.15, 0.2) is 60.7 Å². The van der Waals surface area contributed by atoms with E-state index in [0.29, 0.717) is 11.3 Å². The van der Waals surface area contributed by atoms with Crippen molar-refractivity contribution < 1.29 is 19.1 Å². The summed E-state index contributed by atoms with van der Waals surface area (Å²) in [7, 11) is 0. The molecular weight excluding hydrogens is 480 g/mol. The van der Waals surface area contributed by atoms with E-state index >= 15 is 0 Å². The molecule has 8 heteroatoms. The monoisotopic (exact) mass is 514 g/mol. The number of carbonyl (C=O) groups is 3. The number of fused-ring (bicyclic) bond motifs is 1. The normalized spacial score (nSPS) is 12.7. The van der Waals surface area contributed by atoms with E-state index in [1.807, 2.05) is 74.5 Å². The third-order valence-electron chi connectivity index (χ3n) is 5.76. The van der Waals surface area contributed by atoms with Crippen LogP contribution in [-0.2, 0) is 14.3 Å². The first-order valence-electron chi connectivity index (χ1n) is 12.4. The average Bonchev–Trinajstić information content (AvgIpc) is 2.81. The molecule has 0 aliphatic heterocycles. The fourth-order valence-electron chi connectivity index (χ4n) is 4.29. The van der Waals surface area contributed by atoms with Crippen molar-refractivity contribution in [2.75, 3.05) is 11.9 Å². The molecule has 0 aromatic heterocycles. The van der Waals surface area contributed by atoms with E-state index in [9.17, 15) is 19.6 Å². The Hall–Kier alpha value is -4.38. The molecule has 0 spiro atoms. The molecule has 0 bridgehead atoms. The van der Waals surface area contributed by atoms with Crippen LogP contribution in [0.2, 0.25) is 0 Å². The Morgan fingerprint density at radius 3 is 2.21 bits per heavy atom. The number of rotatable bonds is 7. The van der Waals surface area contributed by atoms with Gasteiger partial charge in [0.05, 0.1) is 6.07 Å². The first-order chi connectivity index (χ1) is 17.9. The molecule has 0 aliphatic carbocycles. The molecule has 0 aliphatic rings. The van der Waals surface area contributed by atoms with Crippen molar-refractivity contribution in [2.24, 2.45) is 0 Å². The molecule has 198 valence electrons. The lowest BCUT2D eigenvalue weighted by Gasteiger charge is -2.32. The Balaban J connectivity index is 1.97. The number of amides is 3. The summed E-state index contributed by atoms with van der Waals surface area (Å²) in [5.74, 6) is -1.06. The molecule has 2 unspecified atom stereocenters. The van der Waals surface area contributed by atoms with Gasteiger partial charge in [0.1, 0.15) is 24.2 Å². The maximum absolute atomic E-state index is 13.8. The largest absolute Gasteiger partial charge is 0.444 e. The summed E-state index contributed by atoms with van der Waals surface area (Å²) in [6.07, 6.45) is -0.765. The minimum atomic E-state index is -1.12. The summed E-state index contributed by atoms with van der Waals surface area (Å²) in [4.78, 5) is 40.9. The number of hydrogen-bond acceptors (Lipinski definition) is 5. The first-order valence-corrected chi connectivity index (χ1v) is 12.4. The number of ether oxygens (including phenoxy) is 1. The number of aryl methyl sites for hydroxylation is 2. The molecular formula is C30H34N4O4. The topological polar surface area (TPSA) is 112 Å². The van der Waals surface area contributed by atoms with Gasteiger partial charge in [0.15, 0.2) is 0 Å². The van der Waals surface area contributed by atoms with Crippen LogP contribution < -0.4 is 10.6 Å². The van der Waals surface area contributed by atoms with Gasteiger partial charge in [-0.2, -0.15) is 5.26 Å². The van der Waals surface area contributed by atoms with Crippen molar-refractivity contribution in [3.05, 3.63) is 77.4 Å². The highest BCUT2D eigenvalue weighted by Crippen LogP contribution is 2.27. The van der Waals surface area contributed by atoms with Gasteiger partial charge < -0.3 is 20.3 Å². The summed E-state index contributed by atoms with van der Waals surface area (Å²) in [5.41, 5.74) is 2.20. The van der Waals surface area contributed by atoms with Gasteiger partial charge in [-0.1, -0.05) is 59.7 Å². The van der Waals surface area contributed by atoms with Gasteiger partial charge in [0.25, 0.3) is 5.91 Å². The molecule has 3 aromatic rings. The second-order valence-electron chi connectivity index (χ2n) is 10.4. The second kappa shape index (κ2) is 11.8. The Labute approximate surface area is 223 Å². The van der Waals surface area contributed by atoms with Crippen molar-refractivity contribution in [2.45, 2.75) is 59.2 Å². The summed E-state index contributed by atoms with van der Waals surface area (Å²) in [6.45, 7) is 10.1. The molecule has 3 aromatic carbocycles. The van der Waals surface area contributed by atoms with Crippen LogP contribution in [0, 0.1) is 25.2 Å². The lowest BCUT2D eigenvalue weighted by molar-refractivity contribution is -0.139. The van der Waals surface area contributed by atoms with E-state index in [4.69, 9.17) is 4.74 Å². The highest BCUT2D eigenvalue weighted by Gasteiger charge is 2.35. The predicted molar refractivity (Wildman–Crippen MR) is 147 cm³/mol. The zero-order valence-electron chi connectivity index (χ0n) is 22.7. The quantitative estimate of drug-likeness (QED) is 0.410. The highest BCUT2D eigenvalue weighted by atomic mass is 16.6. The Morgan fingerprint density at radius 1 is 0.974 bits per heavy atom. The van der Waals surface area contributed by atoms with Crippen molar-refractivity contribution >= 4 is 34.4 Å². The summed E-state index contributed by atoms with van der Waals surface area (Å²) in [5, 5.41) is 17.0. The van der Waals surface area contributed by atoms with Gasteiger partial charge in [-0.3, -0.25) is 9.59 Å². The minimum absolute atomic E-state index is 0.359. The molecule has 3 rings (SSSR count). The molecule has 0 saturated heterocycles. The van der Waals surface area contributed by atoms with Crippen LogP contribution in [0.1, 0.15) is 50.4 Å². The zero-order chi connectivity index (χ0) is 28.0. The number of nitriles is 1. The molecule has 0 saturated carbocycles. The van der Waals surface area contributed by atoms with E-state index in [1.54, 1.807) is 26.8 Å². The molecule has 8 nitrogen and oxygen atoms in total. The molecule has 38 heavy (non-hydrogen) atoms. The maximum atomic E-state index is 13.8. The standard InChI is InChI=1S/C30H34N4O4/c1-19-15-20(2)17-24(16-19)26(27(35)33-25-12-11-22-9-7-8-10-23(22)18-25)34(14-13-31)28(36)21(3)32-29(37)38-30(4,5)6/h7-12,15-18,21,26H,14H2,1-6H3,(H,32,37)(H,33,35). The SMILES string of the molecule is Cc1cc(C)cc(C(C(=O)Nc2ccc3ccccc3c2)N(CC#N)C(=O)C(C)NC(=O)OC(C)(C)C)c1. The molecule has 0 radical (unpaired) electrons. The number of nitrogens with zero attached hydrogens (tertiary/aromatic N) is 2. The van der Waals surface area contributed by atoms with Crippen molar-refractivity contribution in [3.8, 4) is 6.07 Å². The van der Waals surface area contributed by atoms with Crippen LogP contribution in [0.25, 0.3) is 10.8 Å². The molecule has 2 N–H and O–H groups in total. The number of carbonyl (C=O) groups excluding carboxylic acids is 3. The van der Waals surface area contributed by atoms with Crippen LogP contribution in [0.3, 0.4) is 0 Å². The van der Waals surface area contributed by atoms with Gasteiger partial charge in [-0.05, 0) is 70.0 Å². The number of alkyl carbamates (subject to hydrolysis) is 1. The maximum Gasteiger partial charge on any atom is 0.408 e. The van der Waals surface area contributed by atoms with Gasteiger partial charge in [-0.15, -0.1) is 0 Å². The highest BCUT2D eigenvalue weighted by molar-refractivity contribution is 6.00. The first kappa shape index (κ1) is 28.2. The lowest BCUT2D eigenvalue weighted by atomic mass is 9.98. The second-order valence-corrected chi connectivity index (χ2v) is 10.4. The van der Waals surface area contributed by atoms with E-state index in [1.165, 1.54) is 11.8 Å². The Bertz CT molecular complexity index is 1370. The Morgan fingerprint density at radius 2 is 1.61 bits per heavy atom. The predicted octanol–water partition coefficient (Wildman–Crippen LogP) is 5.40. The van der Waals surface area contributed by atoms with E-state index in [2.05, 4.69) is 10.6 Å². The molecule has 2 atom stereocenters. The Kier molecular flexibility index (Phi) is 8.74. The fraction of sp³-hybridized carbons (Fsp3) is 0.333. The number of nitrogens with one attached hydrogen (secondary N) is 2. The third kappa shape index (κ3) is 7.32. The summed E-state index contributed by atoms with van der Waals surface area (Å²) < 4.78 is 5.27. The van der Waals surface area contributed by atoms with Crippen LogP contribution in [0.5, 0.6) is 0 Å². The number of anilines is 1. The van der Waals surface area contributed by atoms with Gasteiger partial charge in [-0.25, -0.2) is 4.79 Å². The fourth-order valence-corrected chi connectivity index (χ4v) is 4.29. The zero-order valence-corrected chi connectivity index (χ0v) is 22.7. The molecule has 0 heterocycles. The molecule has 0 fully saturated rings. The average molecular weight is 515 g/mol. The molecule has 3 amide bonds. The van der Waals surface area contributed by atoms with Gasteiger partial charge in [0.2, 0.25) is 5.91 Å². The van der Waals surface area contributed by atoms with E-state index in [-0.39, 0.29) is 6.54 Å². The van der Waals surface area contributed by atoms with Gasteiger partial charge >= 0.3 is 6.09 Å². The van der Waals surface area contributed by atoms with E-state index < -0.39 is 35.6 Å². The van der Waals surface area contributed by atoms with Crippen molar-refractivity contribution in [1.82, 2.24) is 10.2 Å².